The fraction of sp³-hybridized carbons (Fsp3) is 0.429. The molecule has 21 heavy (non-hydrogen) atoms. The van der Waals surface area contributed by atoms with E-state index in [4.69, 9.17) is 0 Å². The minimum Gasteiger partial charge on any atom is -0.343 e. The Morgan fingerprint density at radius 2 is 1.76 bits per heavy atom. The molecule has 1 aromatic carbocycles. The summed E-state index contributed by atoms with van der Waals surface area (Å²) in [7, 11) is 0. The minimum atomic E-state index is -0.526. The van der Waals surface area contributed by atoms with Crippen LogP contribution in [0.1, 0.15) is 29.6 Å². The molecule has 1 fully saturated rings. The number of likely N-dealkylation sites (tertiary alicyclic amines) is 1. The topological polar surface area (TPSA) is 92.6 Å². The summed E-state index contributed by atoms with van der Waals surface area (Å²) in [5.41, 5.74) is 0.225. The summed E-state index contributed by atoms with van der Waals surface area (Å²) < 4.78 is 0. The Morgan fingerprint density at radius 3 is 2.33 bits per heavy atom. The molecule has 0 saturated carbocycles. The first-order valence-electron chi connectivity index (χ1n) is 6.88. The second-order valence-electron chi connectivity index (χ2n) is 4.93. The second kappa shape index (κ2) is 6.83. The van der Waals surface area contributed by atoms with Crippen LogP contribution in [0.5, 0.6) is 0 Å². The molecule has 0 aliphatic carbocycles. The Kier molecular flexibility index (Phi) is 4.86. The summed E-state index contributed by atoms with van der Waals surface area (Å²) in [6.45, 7) is 1.44. The van der Waals surface area contributed by atoms with E-state index in [1.165, 1.54) is 24.3 Å². The van der Waals surface area contributed by atoms with Crippen molar-refractivity contribution in [2.45, 2.75) is 19.3 Å². The van der Waals surface area contributed by atoms with Gasteiger partial charge in [-0.1, -0.05) is 0 Å². The summed E-state index contributed by atoms with van der Waals surface area (Å²) >= 11 is 0. The van der Waals surface area contributed by atoms with E-state index in [1.807, 2.05) is 0 Å². The highest BCUT2D eigenvalue weighted by Crippen LogP contribution is 2.12. The summed E-state index contributed by atoms with van der Waals surface area (Å²) in [6.07, 6.45) is 3.14. The molecular weight excluding hydrogens is 274 g/mol. The van der Waals surface area contributed by atoms with E-state index < -0.39 is 10.8 Å². The average molecular weight is 291 g/mol. The highest BCUT2D eigenvalue weighted by molar-refractivity contribution is 5.96. The first-order chi connectivity index (χ1) is 10.1. The molecule has 1 aromatic rings. The molecule has 1 N–H and O–H groups in total. The number of nitrogens with zero attached hydrogens (tertiary/aromatic N) is 2. The number of non-ortho nitro benzene ring substituents is 1. The van der Waals surface area contributed by atoms with Crippen molar-refractivity contribution in [3.63, 3.8) is 0 Å². The normalized spacial score (nSPS) is 14.6. The van der Waals surface area contributed by atoms with Crippen molar-refractivity contribution in [3.8, 4) is 0 Å². The molecule has 1 saturated heterocycles. The van der Waals surface area contributed by atoms with Crippen LogP contribution in [-0.2, 0) is 4.79 Å². The third-order valence-electron chi connectivity index (χ3n) is 3.45. The van der Waals surface area contributed by atoms with Crippen LogP contribution in [0, 0.1) is 10.1 Å². The van der Waals surface area contributed by atoms with Gasteiger partial charge in [0.25, 0.3) is 11.6 Å². The van der Waals surface area contributed by atoms with Crippen LogP contribution in [0.4, 0.5) is 5.69 Å². The average Bonchev–Trinajstić information content (AvgIpc) is 2.53. The summed E-state index contributed by atoms with van der Waals surface area (Å²) in [6, 6.07) is 5.28. The minimum absolute atomic E-state index is 0.0458. The van der Waals surface area contributed by atoms with Crippen LogP contribution in [0.15, 0.2) is 24.3 Å². The third-order valence-corrected chi connectivity index (χ3v) is 3.45. The van der Waals surface area contributed by atoms with Crippen LogP contribution >= 0.6 is 0 Å². The lowest BCUT2D eigenvalue weighted by Gasteiger charge is -2.26. The van der Waals surface area contributed by atoms with Crippen LogP contribution < -0.4 is 5.32 Å². The van der Waals surface area contributed by atoms with Gasteiger partial charge in [0.1, 0.15) is 0 Å². The summed E-state index contributed by atoms with van der Waals surface area (Å²) in [5, 5.41) is 13.1. The van der Waals surface area contributed by atoms with E-state index in [2.05, 4.69) is 5.32 Å². The molecule has 112 valence electrons. The molecule has 1 heterocycles. The molecule has 0 spiro atoms. The van der Waals surface area contributed by atoms with Gasteiger partial charge in [-0.2, -0.15) is 0 Å². The van der Waals surface area contributed by atoms with E-state index in [1.54, 1.807) is 4.90 Å². The Bertz CT molecular complexity index is 536. The van der Waals surface area contributed by atoms with E-state index in [0.717, 1.165) is 32.4 Å². The lowest BCUT2D eigenvalue weighted by Crippen LogP contribution is -2.42. The zero-order valence-corrected chi connectivity index (χ0v) is 11.6. The largest absolute Gasteiger partial charge is 0.343 e. The van der Waals surface area contributed by atoms with Crippen LogP contribution in [0.25, 0.3) is 0 Å². The van der Waals surface area contributed by atoms with Crippen molar-refractivity contribution < 1.29 is 14.5 Å². The molecule has 0 atom stereocenters. The molecule has 2 rings (SSSR count). The van der Waals surface area contributed by atoms with E-state index in [9.17, 15) is 19.7 Å². The smallest absolute Gasteiger partial charge is 0.269 e. The van der Waals surface area contributed by atoms with Crippen molar-refractivity contribution in [2.75, 3.05) is 19.6 Å². The van der Waals surface area contributed by atoms with Crippen LogP contribution in [0.2, 0.25) is 0 Å². The van der Waals surface area contributed by atoms with Crippen LogP contribution in [0.3, 0.4) is 0 Å². The number of amides is 2. The predicted molar refractivity (Wildman–Crippen MR) is 75.9 cm³/mol. The maximum atomic E-state index is 11.9. The zero-order chi connectivity index (χ0) is 15.2. The lowest BCUT2D eigenvalue weighted by molar-refractivity contribution is -0.384. The van der Waals surface area contributed by atoms with Gasteiger partial charge in [0.15, 0.2) is 0 Å². The Morgan fingerprint density at radius 1 is 1.14 bits per heavy atom. The van der Waals surface area contributed by atoms with E-state index >= 15 is 0 Å². The van der Waals surface area contributed by atoms with Crippen molar-refractivity contribution in [2.24, 2.45) is 0 Å². The van der Waals surface area contributed by atoms with Gasteiger partial charge in [-0.15, -0.1) is 0 Å². The third kappa shape index (κ3) is 4.01. The molecule has 7 heteroatoms. The molecule has 0 bridgehead atoms. The summed E-state index contributed by atoms with van der Waals surface area (Å²) in [5.74, 6) is -0.500. The summed E-state index contributed by atoms with van der Waals surface area (Å²) in [4.78, 5) is 35.5. The highest BCUT2D eigenvalue weighted by atomic mass is 16.6. The van der Waals surface area contributed by atoms with E-state index in [0.29, 0.717) is 5.56 Å². The first-order valence-corrected chi connectivity index (χ1v) is 6.88. The molecule has 2 amide bonds. The Balaban J connectivity index is 1.86. The molecule has 7 nitrogen and oxygen atoms in total. The number of nitro groups is 1. The molecule has 1 aliphatic heterocycles. The Labute approximate surface area is 122 Å². The highest BCUT2D eigenvalue weighted by Gasteiger charge is 2.17. The number of carbonyl (C=O) groups excluding carboxylic acids is 2. The number of rotatable bonds is 4. The fourth-order valence-corrected chi connectivity index (χ4v) is 2.25. The number of nitro benzene ring substituents is 1. The van der Waals surface area contributed by atoms with Crippen molar-refractivity contribution in [3.05, 3.63) is 39.9 Å². The standard InChI is InChI=1S/C14H17N3O4/c18-13(16-8-2-1-3-9-16)10-15-14(19)11-4-6-12(7-5-11)17(20)21/h4-7H,1-3,8-10H2,(H,15,19). The lowest BCUT2D eigenvalue weighted by atomic mass is 10.1. The number of benzene rings is 1. The van der Waals surface area contributed by atoms with Crippen molar-refractivity contribution in [1.82, 2.24) is 10.2 Å². The SMILES string of the molecule is O=C(NCC(=O)N1CCCCC1)c1ccc([N+](=O)[O-])cc1. The van der Waals surface area contributed by atoms with Gasteiger partial charge in [-0.3, -0.25) is 19.7 Å². The van der Waals surface area contributed by atoms with Crippen molar-refractivity contribution in [1.29, 1.82) is 0 Å². The maximum absolute atomic E-state index is 11.9. The molecule has 0 radical (unpaired) electrons. The van der Waals surface area contributed by atoms with Crippen molar-refractivity contribution >= 4 is 17.5 Å². The Hall–Kier alpha value is -2.44. The number of carbonyl (C=O) groups is 2. The second-order valence-corrected chi connectivity index (χ2v) is 4.93. The monoisotopic (exact) mass is 291 g/mol. The van der Waals surface area contributed by atoms with Gasteiger partial charge in [-0.05, 0) is 31.4 Å². The predicted octanol–water partition coefficient (Wildman–Crippen LogP) is 1.34. The van der Waals surface area contributed by atoms with Gasteiger partial charge >= 0.3 is 0 Å². The molecular formula is C14H17N3O4. The van der Waals surface area contributed by atoms with Gasteiger partial charge in [0, 0.05) is 30.8 Å². The molecule has 0 unspecified atom stereocenters. The maximum Gasteiger partial charge on any atom is 0.269 e. The quantitative estimate of drug-likeness (QED) is 0.669. The van der Waals surface area contributed by atoms with Gasteiger partial charge in [-0.25, -0.2) is 0 Å². The van der Waals surface area contributed by atoms with Crippen LogP contribution in [-0.4, -0.2) is 41.3 Å². The number of hydrogen-bond acceptors (Lipinski definition) is 4. The van der Waals surface area contributed by atoms with Gasteiger partial charge in [0.2, 0.25) is 5.91 Å². The molecule has 0 aromatic heterocycles. The van der Waals surface area contributed by atoms with Gasteiger partial charge in [0.05, 0.1) is 11.5 Å². The number of piperidine rings is 1. The number of nitrogens with one attached hydrogen (secondary N) is 1. The first kappa shape index (κ1) is 15.0. The molecule has 1 aliphatic rings. The van der Waals surface area contributed by atoms with Gasteiger partial charge < -0.3 is 10.2 Å². The number of hydrogen-bond donors (Lipinski definition) is 1. The van der Waals surface area contributed by atoms with E-state index in [-0.39, 0.29) is 18.1 Å². The fourth-order valence-electron chi connectivity index (χ4n) is 2.25. The zero-order valence-electron chi connectivity index (χ0n) is 11.6.